The predicted octanol–water partition coefficient (Wildman–Crippen LogP) is 2.72. The molecule has 7 nitrogen and oxygen atoms in total. The highest BCUT2D eigenvalue weighted by Crippen LogP contribution is 2.54. The number of anilines is 1. The van der Waals surface area contributed by atoms with Crippen LogP contribution in [0.1, 0.15) is 38.8 Å². The molecule has 3 amide bonds. The normalized spacial score (nSPS) is 21.0. The molecule has 0 saturated heterocycles. The summed E-state index contributed by atoms with van der Waals surface area (Å²) in [5.74, 6) is -1.11. The van der Waals surface area contributed by atoms with Crippen LogP contribution in [0.4, 0.5) is 5.69 Å². The first-order valence-electron chi connectivity index (χ1n) is 10.8. The van der Waals surface area contributed by atoms with E-state index >= 15 is 0 Å². The molecule has 0 aliphatic carbocycles. The van der Waals surface area contributed by atoms with Crippen molar-refractivity contribution in [3.63, 3.8) is 0 Å². The summed E-state index contributed by atoms with van der Waals surface area (Å²) >= 11 is 0. The van der Waals surface area contributed by atoms with Gasteiger partial charge in [-0.3, -0.25) is 14.4 Å². The van der Waals surface area contributed by atoms with Crippen LogP contribution in [0.15, 0.2) is 55.1 Å². The van der Waals surface area contributed by atoms with E-state index in [-0.39, 0.29) is 18.4 Å². The number of fused-ring (bicyclic) bond motifs is 1. The zero-order valence-electron chi connectivity index (χ0n) is 19.5. The number of hydrogen-bond acceptors (Lipinski definition) is 4. The topological polar surface area (TPSA) is 102 Å². The molecular formula is C26H30N3O4. The molecule has 0 aromatic heterocycles. The molecule has 0 spiro atoms. The minimum atomic E-state index is -0.876. The fraction of sp³-hybridized carbons (Fsp3) is 0.346. The maximum Gasteiger partial charge on any atom is 0.258 e. The van der Waals surface area contributed by atoms with E-state index in [1.165, 1.54) is 6.92 Å². The first-order valence-corrected chi connectivity index (χ1v) is 10.8. The Labute approximate surface area is 194 Å². The van der Waals surface area contributed by atoms with Gasteiger partial charge in [-0.05, 0) is 55.3 Å². The Morgan fingerprint density at radius 2 is 1.88 bits per heavy atom. The molecule has 0 bridgehead atoms. The molecule has 2 aromatic rings. The van der Waals surface area contributed by atoms with Crippen molar-refractivity contribution in [3.8, 4) is 5.75 Å². The van der Waals surface area contributed by atoms with Gasteiger partial charge in [0.2, 0.25) is 11.8 Å². The summed E-state index contributed by atoms with van der Waals surface area (Å²) in [6.07, 6.45) is 1.59. The van der Waals surface area contributed by atoms with Gasteiger partial charge < -0.3 is 20.7 Å². The van der Waals surface area contributed by atoms with Crippen LogP contribution in [0.5, 0.6) is 5.75 Å². The minimum Gasteiger partial charge on any atom is -0.484 e. The molecule has 3 rings (SSSR count). The summed E-state index contributed by atoms with van der Waals surface area (Å²) in [6, 6.07) is 15.7. The Kier molecular flexibility index (Phi) is 6.63. The SMILES string of the molecule is C=CCNC(=O)COc1ccc(C2(C)c3c[c]ccc3N(C(C)=O)C(C)(C)C2C(N)=O)cc1. The molecule has 3 N–H and O–H groups in total. The second kappa shape index (κ2) is 9.10. The van der Waals surface area contributed by atoms with Crippen molar-refractivity contribution in [1.82, 2.24) is 5.32 Å². The van der Waals surface area contributed by atoms with Gasteiger partial charge >= 0.3 is 0 Å². The van der Waals surface area contributed by atoms with E-state index in [0.29, 0.717) is 12.3 Å². The van der Waals surface area contributed by atoms with E-state index in [1.54, 1.807) is 29.2 Å². The lowest BCUT2D eigenvalue weighted by Gasteiger charge is -2.55. The van der Waals surface area contributed by atoms with Gasteiger partial charge in [0.15, 0.2) is 6.61 Å². The van der Waals surface area contributed by atoms with Gasteiger partial charge in [-0.1, -0.05) is 31.2 Å². The lowest BCUT2D eigenvalue weighted by Crippen LogP contribution is -2.65. The molecule has 2 aromatic carbocycles. The van der Waals surface area contributed by atoms with E-state index in [9.17, 15) is 14.4 Å². The molecular weight excluding hydrogens is 418 g/mol. The van der Waals surface area contributed by atoms with Crippen LogP contribution in [0, 0.1) is 12.0 Å². The summed E-state index contributed by atoms with van der Waals surface area (Å²) in [4.78, 5) is 38.9. The Morgan fingerprint density at radius 3 is 2.45 bits per heavy atom. The molecule has 33 heavy (non-hydrogen) atoms. The van der Waals surface area contributed by atoms with Crippen LogP contribution in [-0.2, 0) is 19.8 Å². The third kappa shape index (κ3) is 4.23. The van der Waals surface area contributed by atoms with Gasteiger partial charge in [-0.25, -0.2) is 0 Å². The average Bonchev–Trinajstić information content (AvgIpc) is 2.75. The molecule has 1 aliphatic rings. The van der Waals surface area contributed by atoms with Crippen molar-refractivity contribution in [2.45, 2.75) is 38.6 Å². The number of ether oxygens (including phenoxy) is 1. The lowest BCUT2D eigenvalue weighted by molar-refractivity contribution is -0.127. The zero-order chi connectivity index (χ0) is 24.4. The van der Waals surface area contributed by atoms with Crippen molar-refractivity contribution in [2.24, 2.45) is 11.7 Å². The number of hydrogen-bond donors (Lipinski definition) is 2. The van der Waals surface area contributed by atoms with E-state index in [1.807, 2.05) is 45.0 Å². The predicted molar refractivity (Wildman–Crippen MR) is 127 cm³/mol. The Hall–Kier alpha value is -3.61. The standard InChI is InChI=1S/C26H30N3O4/c1-6-15-28-22(31)16-33-19-13-11-18(12-14-19)26(5)20-9-7-8-10-21(20)29(17(2)30)25(3,4)23(26)24(27)32/h6,8-14,23H,1,15-16H2,2-5H3,(H2,27,32)(H,28,31). The quantitative estimate of drug-likeness (QED) is 0.636. The van der Waals surface area contributed by atoms with Crippen LogP contribution in [0.25, 0.3) is 0 Å². The monoisotopic (exact) mass is 448 g/mol. The second-order valence-corrected chi connectivity index (χ2v) is 8.89. The number of carbonyl (C=O) groups excluding carboxylic acids is 3. The lowest BCUT2D eigenvalue weighted by atomic mass is 9.57. The van der Waals surface area contributed by atoms with E-state index < -0.39 is 22.8 Å². The number of amides is 3. The smallest absolute Gasteiger partial charge is 0.258 e. The van der Waals surface area contributed by atoms with Crippen LogP contribution in [-0.4, -0.2) is 36.4 Å². The van der Waals surface area contributed by atoms with E-state index in [0.717, 1.165) is 16.8 Å². The van der Waals surface area contributed by atoms with Gasteiger partial charge in [0.05, 0.1) is 11.5 Å². The van der Waals surface area contributed by atoms with Gasteiger partial charge in [0.25, 0.3) is 5.91 Å². The van der Waals surface area contributed by atoms with Crippen LogP contribution < -0.4 is 20.7 Å². The Morgan fingerprint density at radius 1 is 1.21 bits per heavy atom. The fourth-order valence-corrected chi connectivity index (χ4v) is 5.15. The Balaban J connectivity index is 2.05. The van der Waals surface area contributed by atoms with E-state index in [4.69, 9.17) is 10.5 Å². The minimum absolute atomic E-state index is 0.118. The molecule has 2 unspecified atom stereocenters. The maximum atomic E-state index is 12.9. The molecule has 173 valence electrons. The molecule has 0 fully saturated rings. The molecule has 7 heteroatoms. The molecule has 1 heterocycles. The zero-order valence-corrected chi connectivity index (χ0v) is 19.5. The van der Waals surface area contributed by atoms with Gasteiger partial charge in [0, 0.05) is 24.6 Å². The van der Waals surface area contributed by atoms with Crippen LogP contribution in [0.3, 0.4) is 0 Å². The summed E-state index contributed by atoms with van der Waals surface area (Å²) < 4.78 is 5.58. The first kappa shape index (κ1) is 24.0. The molecule has 2 atom stereocenters. The highest BCUT2D eigenvalue weighted by Gasteiger charge is 2.57. The maximum absolute atomic E-state index is 12.9. The van der Waals surface area contributed by atoms with E-state index in [2.05, 4.69) is 18.0 Å². The van der Waals surface area contributed by atoms with Crippen LogP contribution in [0.2, 0.25) is 0 Å². The summed E-state index contributed by atoms with van der Waals surface area (Å²) in [5.41, 5.74) is 6.62. The highest BCUT2D eigenvalue weighted by atomic mass is 16.5. The largest absolute Gasteiger partial charge is 0.484 e. The fourth-order valence-electron chi connectivity index (χ4n) is 5.15. The van der Waals surface area contributed by atoms with Crippen molar-refractivity contribution in [3.05, 3.63) is 72.3 Å². The third-order valence-electron chi connectivity index (χ3n) is 6.37. The van der Waals surface area contributed by atoms with Gasteiger partial charge in [-0.15, -0.1) is 6.58 Å². The number of carbonyl (C=O) groups is 3. The number of rotatable bonds is 7. The average molecular weight is 449 g/mol. The number of nitrogens with one attached hydrogen (secondary N) is 1. The number of nitrogens with zero attached hydrogens (tertiary/aromatic N) is 1. The highest BCUT2D eigenvalue weighted by molar-refractivity contribution is 5.98. The van der Waals surface area contributed by atoms with Crippen molar-refractivity contribution >= 4 is 23.4 Å². The van der Waals surface area contributed by atoms with Gasteiger partial charge in [-0.2, -0.15) is 0 Å². The summed E-state index contributed by atoms with van der Waals surface area (Å²) in [6.45, 7) is 11.0. The Bertz CT molecular complexity index is 1080. The number of primary amides is 1. The molecule has 1 aliphatic heterocycles. The van der Waals surface area contributed by atoms with Crippen molar-refractivity contribution in [2.75, 3.05) is 18.1 Å². The van der Waals surface area contributed by atoms with Crippen molar-refractivity contribution < 1.29 is 19.1 Å². The van der Waals surface area contributed by atoms with Gasteiger partial charge in [0.1, 0.15) is 5.75 Å². The molecule has 0 saturated carbocycles. The summed E-state index contributed by atoms with van der Waals surface area (Å²) in [7, 11) is 0. The summed E-state index contributed by atoms with van der Waals surface area (Å²) in [5, 5.41) is 2.65. The van der Waals surface area contributed by atoms with Crippen molar-refractivity contribution in [1.29, 1.82) is 0 Å². The first-order chi connectivity index (χ1) is 15.5. The second-order valence-electron chi connectivity index (χ2n) is 8.89. The third-order valence-corrected chi connectivity index (χ3v) is 6.37. The van der Waals surface area contributed by atoms with Crippen LogP contribution >= 0.6 is 0 Å². The molecule has 1 radical (unpaired) electrons. The number of benzene rings is 2. The number of nitrogens with two attached hydrogens (primary N) is 1.